The molecule has 0 spiro atoms. The molecule has 1 aliphatic rings. The predicted octanol–water partition coefficient (Wildman–Crippen LogP) is 4.81. The number of nitrogens with zero attached hydrogens (tertiary/aromatic N) is 1. The fourth-order valence-electron chi connectivity index (χ4n) is 3.46. The third kappa shape index (κ3) is 2.29. The van der Waals surface area contributed by atoms with E-state index in [1.165, 1.54) is 42.6 Å². The van der Waals surface area contributed by atoms with Crippen LogP contribution in [0.5, 0.6) is 0 Å². The van der Waals surface area contributed by atoms with Crippen molar-refractivity contribution in [3.63, 3.8) is 0 Å². The van der Waals surface area contributed by atoms with Crippen LogP contribution in [0, 0.1) is 5.41 Å². The van der Waals surface area contributed by atoms with Crippen molar-refractivity contribution in [3.05, 3.63) is 29.6 Å². The summed E-state index contributed by atoms with van der Waals surface area (Å²) in [5.41, 5.74) is 4.08. The molecule has 1 saturated carbocycles. The molecule has 1 aromatic heterocycles. The van der Waals surface area contributed by atoms with Crippen LogP contribution in [0.25, 0.3) is 11.0 Å². The number of hydrogen-bond acceptors (Lipinski definition) is 1. The molecule has 2 nitrogen and oxygen atoms in total. The molecule has 102 valence electrons. The van der Waals surface area contributed by atoms with Gasteiger partial charge in [-0.05, 0) is 42.4 Å². The highest BCUT2D eigenvalue weighted by Crippen LogP contribution is 2.46. The Labute approximate surface area is 115 Å². The van der Waals surface area contributed by atoms with Gasteiger partial charge >= 0.3 is 0 Å². The molecule has 3 rings (SSSR count). The van der Waals surface area contributed by atoms with Crippen LogP contribution < -0.4 is 0 Å². The zero-order valence-electron chi connectivity index (χ0n) is 12.3. The van der Waals surface area contributed by atoms with Gasteiger partial charge in [-0.3, -0.25) is 0 Å². The second-order valence-electron chi connectivity index (χ2n) is 6.61. The third-order valence-corrected chi connectivity index (χ3v) is 4.81. The first-order valence-corrected chi connectivity index (χ1v) is 7.59. The number of fused-ring (bicyclic) bond motifs is 1. The molecular formula is C17H24N2. The molecule has 1 aromatic carbocycles. The number of H-pyrrole nitrogens is 1. The Morgan fingerprint density at radius 2 is 2.16 bits per heavy atom. The van der Waals surface area contributed by atoms with Gasteiger partial charge in [0.2, 0.25) is 0 Å². The van der Waals surface area contributed by atoms with Crippen molar-refractivity contribution >= 4 is 11.0 Å². The average molecular weight is 256 g/mol. The van der Waals surface area contributed by atoms with Gasteiger partial charge in [0.05, 0.1) is 11.0 Å². The van der Waals surface area contributed by atoms with Gasteiger partial charge < -0.3 is 4.98 Å². The van der Waals surface area contributed by atoms with E-state index < -0.39 is 0 Å². The van der Waals surface area contributed by atoms with E-state index in [2.05, 4.69) is 44.0 Å². The molecule has 1 fully saturated rings. The van der Waals surface area contributed by atoms with Crippen LogP contribution in [-0.4, -0.2) is 9.97 Å². The van der Waals surface area contributed by atoms with Gasteiger partial charge in [-0.1, -0.05) is 39.7 Å². The molecule has 2 aromatic rings. The van der Waals surface area contributed by atoms with Crippen molar-refractivity contribution in [3.8, 4) is 0 Å². The van der Waals surface area contributed by atoms with Crippen molar-refractivity contribution in [1.29, 1.82) is 0 Å². The van der Waals surface area contributed by atoms with Crippen LogP contribution in [0.3, 0.4) is 0 Å². The van der Waals surface area contributed by atoms with E-state index in [0.717, 1.165) is 11.9 Å². The molecule has 0 amide bonds. The number of aromatic nitrogens is 2. The molecule has 0 saturated heterocycles. The summed E-state index contributed by atoms with van der Waals surface area (Å²) in [6, 6.07) is 6.60. The normalized spacial score (nSPS) is 22.8. The van der Waals surface area contributed by atoms with Crippen LogP contribution in [0.4, 0.5) is 0 Å². The molecule has 0 bridgehead atoms. The van der Waals surface area contributed by atoms with Crippen molar-refractivity contribution in [1.82, 2.24) is 9.97 Å². The van der Waals surface area contributed by atoms with E-state index in [1.54, 1.807) is 0 Å². The van der Waals surface area contributed by atoms with E-state index in [1.807, 2.05) is 0 Å². The monoisotopic (exact) mass is 256 g/mol. The third-order valence-electron chi connectivity index (χ3n) is 4.81. The largest absolute Gasteiger partial charge is 0.342 e. The molecule has 0 aliphatic heterocycles. The maximum atomic E-state index is 4.85. The zero-order valence-corrected chi connectivity index (χ0v) is 12.3. The molecule has 2 heteroatoms. The number of hydrogen-bond donors (Lipinski definition) is 1. The minimum absolute atomic E-state index is 0.375. The van der Waals surface area contributed by atoms with Gasteiger partial charge in [0.1, 0.15) is 5.82 Å². The Bertz CT molecular complexity index is 580. The smallest absolute Gasteiger partial charge is 0.110 e. The van der Waals surface area contributed by atoms with Gasteiger partial charge in [0.15, 0.2) is 0 Å². The highest BCUT2D eigenvalue weighted by molar-refractivity contribution is 5.76. The zero-order chi connectivity index (χ0) is 13.5. The quantitative estimate of drug-likeness (QED) is 0.820. The molecule has 0 radical (unpaired) electrons. The number of aromatic amines is 1. The summed E-state index contributed by atoms with van der Waals surface area (Å²) in [5.74, 6) is 1.78. The lowest BCUT2D eigenvalue weighted by Gasteiger charge is -2.37. The highest BCUT2D eigenvalue weighted by Gasteiger charge is 2.35. The Balaban J connectivity index is 2.00. The van der Waals surface area contributed by atoms with Crippen LogP contribution in [-0.2, 0) is 6.42 Å². The number of imidazole rings is 1. The molecule has 1 unspecified atom stereocenters. The second kappa shape index (κ2) is 4.66. The fourth-order valence-corrected chi connectivity index (χ4v) is 3.46. The Kier molecular flexibility index (Phi) is 3.12. The van der Waals surface area contributed by atoms with Gasteiger partial charge in [-0.25, -0.2) is 4.98 Å². The summed E-state index contributed by atoms with van der Waals surface area (Å²) in [6.07, 6.45) is 6.37. The van der Waals surface area contributed by atoms with Gasteiger partial charge in [-0.2, -0.15) is 0 Å². The van der Waals surface area contributed by atoms with Crippen LogP contribution in [0.1, 0.15) is 63.8 Å². The molecule has 1 atom stereocenters. The van der Waals surface area contributed by atoms with Crippen LogP contribution >= 0.6 is 0 Å². The van der Waals surface area contributed by atoms with E-state index in [-0.39, 0.29) is 0 Å². The fraction of sp³-hybridized carbons (Fsp3) is 0.588. The summed E-state index contributed by atoms with van der Waals surface area (Å²) in [6.45, 7) is 6.98. The Hall–Kier alpha value is -1.31. The minimum atomic E-state index is 0.375. The SMILES string of the molecule is CCc1ccc2nc(C3CCCCC3(C)C)[nH]c2c1. The lowest BCUT2D eigenvalue weighted by atomic mass is 9.68. The van der Waals surface area contributed by atoms with Crippen LogP contribution in [0.15, 0.2) is 18.2 Å². The van der Waals surface area contributed by atoms with E-state index >= 15 is 0 Å². The maximum absolute atomic E-state index is 4.85. The van der Waals surface area contributed by atoms with E-state index in [0.29, 0.717) is 11.3 Å². The van der Waals surface area contributed by atoms with Crippen molar-refractivity contribution in [2.75, 3.05) is 0 Å². The first-order valence-electron chi connectivity index (χ1n) is 7.59. The topological polar surface area (TPSA) is 28.7 Å². The lowest BCUT2D eigenvalue weighted by Crippen LogP contribution is -2.26. The van der Waals surface area contributed by atoms with E-state index in [9.17, 15) is 0 Å². The summed E-state index contributed by atoms with van der Waals surface area (Å²) in [7, 11) is 0. The summed E-state index contributed by atoms with van der Waals surface area (Å²) in [5, 5.41) is 0. The first-order chi connectivity index (χ1) is 9.10. The molecule has 1 aliphatic carbocycles. The highest BCUT2D eigenvalue weighted by atomic mass is 14.9. The summed E-state index contributed by atoms with van der Waals surface area (Å²) < 4.78 is 0. The number of benzene rings is 1. The molecule has 1 heterocycles. The number of nitrogens with one attached hydrogen (secondary N) is 1. The molecular weight excluding hydrogens is 232 g/mol. The Morgan fingerprint density at radius 3 is 2.89 bits per heavy atom. The molecule has 19 heavy (non-hydrogen) atoms. The van der Waals surface area contributed by atoms with Gasteiger partial charge in [0, 0.05) is 5.92 Å². The lowest BCUT2D eigenvalue weighted by molar-refractivity contribution is 0.193. The first kappa shape index (κ1) is 12.7. The Morgan fingerprint density at radius 1 is 1.32 bits per heavy atom. The second-order valence-corrected chi connectivity index (χ2v) is 6.61. The van der Waals surface area contributed by atoms with Crippen LogP contribution in [0.2, 0.25) is 0 Å². The van der Waals surface area contributed by atoms with Crippen molar-refractivity contribution < 1.29 is 0 Å². The maximum Gasteiger partial charge on any atom is 0.110 e. The predicted molar refractivity (Wildman–Crippen MR) is 80.5 cm³/mol. The van der Waals surface area contributed by atoms with Gasteiger partial charge in [-0.15, -0.1) is 0 Å². The summed E-state index contributed by atoms with van der Waals surface area (Å²) >= 11 is 0. The van der Waals surface area contributed by atoms with Crippen molar-refractivity contribution in [2.45, 2.75) is 58.8 Å². The van der Waals surface area contributed by atoms with E-state index in [4.69, 9.17) is 4.98 Å². The van der Waals surface area contributed by atoms with Gasteiger partial charge in [0.25, 0.3) is 0 Å². The minimum Gasteiger partial charge on any atom is -0.342 e. The number of rotatable bonds is 2. The standard InChI is InChI=1S/C17H24N2/c1-4-12-8-9-14-15(11-12)19-16(18-14)13-7-5-6-10-17(13,2)3/h8-9,11,13H,4-7,10H2,1-3H3,(H,18,19). The number of aryl methyl sites for hydroxylation is 1. The van der Waals surface area contributed by atoms with Crippen molar-refractivity contribution in [2.24, 2.45) is 5.41 Å². The summed E-state index contributed by atoms with van der Waals surface area (Å²) in [4.78, 5) is 8.44. The average Bonchev–Trinajstić information content (AvgIpc) is 2.80. The molecule has 1 N–H and O–H groups in total.